The Morgan fingerprint density at radius 2 is 2.30 bits per heavy atom. The molecule has 0 aliphatic carbocycles. The molecule has 3 heterocycles. The van der Waals surface area contributed by atoms with E-state index in [0.717, 1.165) is 29.9 Å². The van der Waals surface area contributed by atoms with Crippen molar-refractivity contribution in [3.63, 3.8) is 0 Å². The molecule has 0 saturated heterocycles. The van der Waals surface area contributed by atoms with Crippen LogP contribution < -0.4 is 5.32 Å². The van der Waals surface area contributed by atoms with Gasteiger partial charge in [-0.15, -0.1) is 11.3 Å². The van der Waals surface area contributed by atoms with Crippen LogP contribution in [0, 0.1) is 0 Å². The molecule has 0 amide bonds. The fraction of sp³-hybridized carbons (Fsp3) is 0.333. The number of hydrogen-bond donors (Lipinski definition) is 1. The summed E-state index contributed by atoms with van der Waals surface area (Å²) >= 11 is 1.72. The lowest BCUT2D eigenvalue weighted by Gasteiger charge is -2.17. The number of nitrogens with zero attached hydrogens (tertiary/aromatic N) is 3. The minimum Gasteiger partial charge on any atom is -0.333 e. The van der Waals surface area contributed by atoms with Gasteiger partial charge in [0.15, 0.2) is 0 Å². The second kappa shape index (κ2) is 5.73. The molecule has 0 saturated carbocycles. The zero-order valence-corrected chi connectivity index (χ0v) is 12.5. The lowest BCUT2D eigenvalue weighted by Crippen LogP contribution is -2.22. The van der Waals surface area contributed by atoms with E-state index in [-0.39, 0.29) is 6.04 Å². The van der Waals surface area contributed by atoms with Crippen LogP contribution >= 0.6 is 11.3 Å². The molecule has 3 aromatic rings. The van der Waals surface area contributed by atoms with Crippen LogP contribution in [0.4, 0.5) is 0 Å². The number of rotatable bonds is 5. The SMILES string of the molecule is CCCn1ccnc1C(NC)c1cnc2ccsc2c1. The molecule has 0 bridgehead atoms. The first kappa shape index (κ1) is 13.3. The normalized spacial score (nSPS) is 12.9. The predicted molar refractivity (Wildman–Crippen MR) is 83.0 cm³/mol. The van der Waals surface area contributed by atoms with Crippen LogP contribution in [0.2, 0.25) is 0 Å². The van der Waals surface area contributed by atoms with Gasteiger partial charge in [0.2, 0.25) is 0 Å². The highest BCUT2D eigenvalue weighted by molar-refractivity contribution is 7.17. The van der Waals surface area contributed by atoms with Gasteiger partial charge in [0, 0.05) is 25.1 Å². The molecule has 0 aliphatic rings. The summed E-state index contributed by atoms with van der Waals surface area (Å²) in [6, 6.07) is 4.34. The standard InChI is InChI=1S/C15H18N4S/c1-3-6-19-7-5-17-15(19)14(16-2)11-9-13-12(18-10-11)4-8-20-13/h4-5,7-10,14,16H,3,6H2,1-2H3. The second-order valence-corrected chi connectivity index (χ2v) is 5.72. The Hall–Kier alpha value is -1.72. The van der Waals surface area contributed by atoms with Crippen molar-refractivity contribution in [3.8, 4) is 0 Å². The predicted octanol–water partition coefficient (Wildman–Crippen LogP) is 3.21. The van der Waals surface area contributed by atoms with Crippen molar-refractivity contribution in [3.05, 3.63) is 47.5 Å². The summed E-state index contributed by atoms with van der Waals surface area (Å²) in [7, 11) is 1.97. The molecule has 1 atom stereocenters. The Morgan fingerprint density at radius 3 is 3.10 bits per heavy atom. The summed E-state index contributed by atoms with van der Waals surface area (Å²) < 4.78 is 3.43. The number of aromatic nitrogens is 3. The smallest absolute Gasteiger partial charge is 0.130 e. The minimum atomic E-state index is 0.0792. The quantitative estimate of drug-likeness (QED) is 0.783. The van der Waals surface area contributed by atoms with Crippen molar-refractivity contribution in [2.24, 2.45) is 0 Å². The van der Waals surface area contributed by atoms with Gasteiger partial charge in [0.1, 0.15) is 5.82 Å². The summed E-state index contributed by atoms with van der Waals surface area (Å²) in [6.45, 7) is 3.17. The highest BCUT2D eigenvalue weighted by Gasteiger charge is 2.18. The monoisotopic (exact) mass is 286 g/mol. The summed E-state index contributed by atoms with van der Waals surface area (Å²) in [6.07, 6.45) is 6.95. The third-order valence-corrected chi connectivity index (χ3v) is 4.27. The highest BCUT2D eigenvalue weighted by atomic mass is 32.1. The number of hydrogen-bond acceptors (Lipinski definition) is 4. The highest BCUT2D eigenvalue weighted by Crippen LogP contribution is 2.25. The molecular weight excluding hydrogens is 268 g/mol. The molecule has 0 aliphatic heterocycles. The molecule has 3 aromatic heterocycles. The molecule has 20 heavy (non-hydrogen) atoms. The van der Waals surface area contributed by atoms with Crippen LogP contribution in [-0.2, 0) is 6.54 Å². The van der Waals surface area contributed by atoms with Crippen LogP contribution in [0.1, 0.15) is 30.8 Å². The summed E-state index contributed by atoms with van der Waals surface area (Å²) in [5.41, 5.74) is 2.22. The Kier molecular flexibility index (Phi) is 3.80. The fourth-order valence-corrected chi connectivity index (χ4v) is 3.26. The van der Waals surface area contributed by atoms with Crippen LogP contribution in [0.3, 0.4) is 0 Å². The van der Waals surface area contributed by atoms with Crippen LogP contribution in [0.5, 0.6) is 0 Å². The molecule has 0 aromatic carbocycles. The van der Waals surface area contributed by atoms with Crippen molar-refractivity contribution < 1.29 is 0 Å². The number of fused-ring (bicyclic) bond motifs is 1. The number of aryl methyl sites for hydroxylation is 1. The van der Waals surface area contributed by atoms with Crippen molar-refractivity contribution in [1.29, 1.82) is 0 Å². The zero-order chi connectivity index (χ0) is 13.9. The molecular formula is C15H18N4S. The Bertz CT molecular complexity index is 701. The van der Waals surface area contributed by atoms with Gasteiger partial charge in [-0.2, -0.15) is 0 Å². The lowest BCUT2D eigenvalue weighted by atomic mass is 10.1. The van der Waals surface area contributed by atoms with Gasteiger partial charge in [0.05, 0.1) is 16.3 Å². The van der Waals surface area contributed by atoms with E-state index in [1.54, 1.807) is 11.3 Å². The first-order valence-corrected chi connectivity index (χ1v) is 7.73. The fourth-order valence-electron chi connectivity index (χ4n) is 2.48. The van der Waals surface area contributed by atoms with E-state index >= 15 is 0 Å². The number of thiophene rings is 1. The third-order valence-electron chi connectivity index (χ3n) is 3.42. The van der Waals surface area contributed by atoms with Crippen LogP contribution in [-0.4, -0.2) is 21.6 Å². The van der Waals surface area contributed by atoms with Gasteiger partial charge < -0.3 is 9.88 Å². The van der Waals surface area contributed by atoms with Gasteiger partial charge in [0.25, 0.3) is 0 Å². The Morgan fingerprint density at radius 1 is 1.40 bits per heavy atom. The van der Waals surface area contributed by atoms with Crippen LogP contribution in [0.25, 0.3) is 10.2 Å². The van der Waals surface area contributed by atoms with Gasteiger partial charge in [-0.25, -0.2) is 4.98 Å². The van der Waals surface area contributed by atoms with E-state index in [4.69, 9.17) is 0 Å². The van der Waals surface area contributed by atoms with E-state index in [1.807, 2.05) is 25.6 Å². The van der Waals surface area contributed by atoms with E-state index < -0.39 is 0 Å². The van der Waals surface area contributed by atoms with E-state index in [0.29, 0.717) is 0 Å². The maximum absolute atomic E-state index is 4.53. The first-order chi connectivity index (χ1) is 9.83. The van der Waals surface area contributed by atoms with Crippen LogP contribution in [0.15, 0.2) is 36.1 Å². The van der Waals surface area contributed by atoms with Crippen molar-refractivity contribution in [2.45, 2.75) is 25.9 Å². The first-order valence-electron chi connectivity index (χ1n) is 6.85. The topological polar surface area (TPSA) is 42.7 Å². The minimum absolute atomic E-state index is 0.0792. The van der Waals surface area contributed by atoms with Gasteiger partial charge in [-0.1, -0.05) is 6.92 Å². The molecule has 4 nitrogen and oxygen atoms in total. The van der Waals surface area contributed by atoms with E-state index in [9.17, 15) is 0 Å². The van der Waals surface area contributed by atoms with Gasteiger partial charge in [-0.05, 0) is 36.5 Å². The molecule has 0 spiro atoms. The summed E-state index contributed by atoms with van der Waals surface area (Å²) in [5.74, 6) is 1.05. The van der Waals surface area contributed by atoms with Crippen molar-refractivity contribution >= 4 is 21.6 Å². The van der Waals surface area contributed by atoms with Gasteiger partial charge in [-0.3, -0.25) is 4.98 Å². The molecule has 3 rings (SSSR count). The van der Waals surface area contributed by atoms with E-state index in [2.05, 4.69) is 44.3 Å². The molecule has 0 radical (unpaired) electrons. The second-order valence-electron chi connectivity index (χ2n) is 4.77. The summed E-state index contributed by atoms with van der Waals surface area (Å²) in [5, 5.41) is 5.43. The Balaban J connectivity index is 2.01. The van der Waals surface area contributed by atoms with Crippen molar-refractivity contribution in [1.82, 2.24) is 19.9 Å². The molecule has 1 N–H and O–H groups in total. The average molecular weight is 286 g/mol. The maximum atomic E-state index is 4.53. The van der Waals surface area contributed by atoms with Crippen molar-refractivity contribution in [2.75, 3.05) is 7.05 Å². The molecule has 0 fully saturated rings. The largest absolute Gasteiger partial charge is 0.333 e. The summed E-state index contributed by atoms with van der Waals surface area (Å²) in [4.78, 5) is 9.06. The third kappa shape index (κ3) is 2.34. The number of nitrogens with one attached hydrogen (secondary N) is 1. The average Bonchev–Trinajstić information content (AvgIpc) is 3.09. The molecule has 5 heteroatoms. The number of pyridine rings is 1. The lowest BCUT2D eigenvalue weighted by molar-refractivity contribution is 0.567. The van der Waals surface area contributed by atoms with Gasteiger partial charge >= 0.3 is 0 Å². The Labute approximate surface area is 122 Å². The van der Waals surface area contributed by atoms with E-state index in [1.165, 1.54) is 4.70 Å². The number of imidazole rings is 1. The molecule has 1 unspecified atom stereocenters. The maximum Gasteiger partial charge on any atom is 0.130 e. The zero-order valence-electron chi connectivity index (χ0n) is 11.7. The molecule has 104 valence electrons.